The zero-order valence-corrected chi connectivity index (χ0v) is 14.9. The predicted octanol–water partition coefficient (Wildman–Crippen LogP) is 2.61. The minimum Gasteiger partial charge on any atom is -0.494 e. The van der Waals surface area contributed by atoms with Crippen LogP contribution in [-0.4, -0.2) is 60.3 Å². The van der Waals surface area contributed by atoms with E-state index in [9.17, 15) is 5.11 Å². The molecule has 0 unspecified atom stereocenters. The molecule has 0 aromatic heterocycles. The van der Waals surface area contributed by atoms with Gasteiger partial charge < -0.3 is 9.84 Å². The molecule has 1 N–H and O–H groups in total. The third kappa shape index (κ3) is 5.79. The van der Waals surface area contributed by atoms with E-state index in [2.05, 4.69) is 41.8 Å². The van der Waals surface area contributed by atoms with Crippen LogP contribution in [0.4, 0.5) is 0 Å². The lowest BCUT2D eigenvalue weighted by Crippen LogP contribution is -2.53. The fourth-order valence-corrected chi connectivity index (χ4v) is 3.39. The Kier molecular flexibility index (Phi) is 7.34. The fraction of sp³-hybridized carbons (Fsp3) is 0.684. The third-order valence-electron chi connectivity index (χ3n) is 4.37. The molecule has 4 heteroatoms. The molecule has 0 radical (unpaired) electrons. The zero-order valence-electron chi connectivity index (χ0n) is 14.9. The van der Waals surface area contributed by atoms with Crippen LogP contribution in [-0.2, 0) is 6.54 Å². The number of rotatable bonds is 8. The lowest BCUT2D eigenvalue weighted by atomic mass is 10.1. The summed E-state index contributed by atoms with van der Waals surface area (Å²) in [6.45, 7) is 12.8. The molecule has 1 saturated heterocycles. The van der Waals surface area contributed by atoms with Gasteiger partial charge in [-0.05, 0) is 37.0 Å². The Morgan fingerprint density at radius 2 is 2.13 bits per heavy atom. The minimum atomic E-state index is 0.271. The quantitative estimate of drug-likeness (QED) is 0.799. The summed E-state index contributed by atoms with van der Waals surface area (Å²) in [5, 5.41) is 9.38. The number of aliphatic hydroxyl groups is 1. The Balaban J connectivity index is 1.95. The Labute approximate surface area is 141 Å². The van der Waals surface area contributed by atoms with E-state index < -0.39 is 0 Å². The lowest BCUT2D eigenvalue weighted by Gasteiger charge is -2.42. The second kappa shape index (κ2) is 9.26. The fourth-order valence-electron chi connectivity index (χ4n) is 3.39. The van der Waals surface area contributed by atoms with Crippen molar-refractivity contribution in [1.29, 1.82) is 0 Å². The summed E-state index contributed by atoms with van der Waals surface area (Å²) in [4.78, 5) is 5.05. The number of nitrogens with zero attached hydrogens (tertiary/aromatic N) is 2. The van der Waals surface area contributed by atoms with Crippen LogP contribution in [0.2, 0.25) is 0 Å². The van der Waals surface area contributed by atoms with E-state index in [0.29, 0.717) is 18.6 Å². The maximum absolute atomic E-state index is 9.38. The van der Waals surface area contributed by atoms with Crippen LogP contribution in [0, 0.1) is 5.92 Å². The van der Waals surface area contributed by atoms with Crippen molar-refractivity contribution in [2.45, 2.75) is 39.8 Å². The predicted molar refractivity (Wildman–Crippen MR) is 94.8 cm³/mol. The molecular weight excluding hydrogens is 288 g/mol. The molecule has 0 aliphatic carbocycles. The Hall–Kier alpha value is -1.10. The maximum atomic E-state index is 9.38. The molecular formula is C19H32N2O2. The molecule has 1 aliphatic rings. The average Bonchev–Trinajstić information content (AvgIpc) is 2.50. The summed E-state index contributed by atoms with van der Waals surface area (Å²) in [6.07, 6.45) is 0.863. The van der Waals surface area contributed by atoms with Crippen LogP contribution in [0.25, 0.3) is 0 Å². The van der Waals surface area contributed by atoms with Crippen molar-refractivity contribution in [1.82, 2.24) is 9.80 Å². The molecule has 4 nitrogen and oxygen atoms in total. The van der Waals surface area contributed by atoms with E-state index in [4.69, 9.17) is 4.74 Å². The third-order valence-corrected chi connectivity index (χ3v) is 4.37. The molecule has 1 aromatic rings. The summed E-state index contributed by atoms with van der Waals surface area (Å²) in [5.41, 5.74) is 1.30. The first kappa shape index (κ1) is 18.2. The van der Waals surface area contributed by atoms with Gasteiger partial charge in [-0.1, -0.05) is 26.0 Å². The van der Waals surface area contributed by atoms with E-state index in [1.165, 1.54) is 5.56 Å². The molecule has 0 bridgehead atoms. The van der Waals surface area contributed by atoms with Gasteiger partial charge in [-0.2, -0.15) is 0 Å². The molecule has 0 saturated carbocycles. The van der Waals surface area contributed by atoms with Gasteiger partial charge in [0.05, 0.1) is 6.61 Å². The van der Waals surface area contributed by atoms with Crippen molar-refractivity contribution in [3.8, 4) is 5.75 Å². The van der Waals surface area contributed by atoms with Crippen molar-refractivity contribution in [3.05, 3.63) is 29.8 Å². The van der Waals surface area contributed by atoms with Gasteiger partial charge in [-0.3, -0.25) is 9.80 Å². The summed E-state index contributed by atoms with van der Waals surface area (Å²) < 4.78 is 5.60. The van der Waals surface area contributed by atoms with Gasteiger partial charge >= 0.3 is 0 Å². The van der Waals surface area contributed by atoms with Crippen LogP contribution < -0.4 is 4.74 Å². The van der Waals surface area contributed by atoms with Gasteiger partial charge in [-0.25, -0.2) is 0 Å². The van der Waals surface area contributed by atoms with Crippen LogP contribution in [0.15, 0.2) is 24.3 Å². The van der Waals surface area contributed by atoms with Crippen LogP contribution in [0.1, 0.15) is 32.8 Å². The second-order valence-corrected chi connectivity index (χ2v) is 6.87. The Morgan fingerprint density at radius 1 is 1.30 bits per heavy atom. The van der Waals surface area contributed by atoms with E-state index in [-0.39, 0.29) is 6.61 Å². The van der Waals surface area contributed by atoms with Crippen molar-refractivity contribution in [2.75, 3.05) is 39.4 Å². The van der Waals surface area contributed by atoms with Gasteiger partial charge in [0, 0.05) is 45.4 Å². The molecule has 23 heavy (non-hydrogen) atoms. The van der Waals surface area contributed by atoms with E-state index in [0.717, 1.165) is 44.9 Å². The topological polar surface area (TPSA) is 35.9 Å². The maximum Gasteiger partial charge on any atom is 0.119 e. The number of piperazine rings is 1. The molecule has 1 atom stereocenters. The van der Waals surface area contributed by atoms with Crippen molar-refractivity contribution >= 4 is 0 Å². The van der Waals surface area contributed by atoms with E-state index in [1.807, 2.05) is 13.0 Å². The van der Waals surface area contributed by atoms with Crippen molar-refractivity contribution in [2.24, 2.45) is 5.92 Å². The van der Waals surface area contributed by atoms with Gasteiger partial charge in [0.2, 0.25) is 0 Å². The van der Waals surface area contributed by atoms with Crippen LogP contribution in [0.3, 0.4) is 0 Å². The summed E-state index contributed by atoms with van der Waals surface area (Å²) in [6, 6.07) is 8.86. The molecule has 1 heterocycles. The average molecular weight is 320 g/mol. The van der Waals surface area contributed by atoms with Gasteiger partial charge in [0.1, 0.15) is 5.75 Å². The number of hydrogen-bond acceptors (Lipinski definition) is 4. The zero-order chi connectivity index (χ0) is 16.7. The van der Waals surface area contributed by atoms with Gasteiger partial charge in [0.15, 0.2) is 0 Å². The van der Waals surface area contributed by atoms with E-state index in [1.54, 1.807) is 0 Å². The largest absolute Gasteiger partial charge is 0.494 e. The van der Waals surface area contributed by atoms with Crippen LogP contribution in [0.5, 0.6) is 5.75 Å². The summed E-state index contributed by atoms with van der Waals surface area (Å²) in [7, 11) is 0. The van der Waals surface area contributed by atoms with Crippen LogP contribution >= 0.6 is 0 Å². The highest BCUT2D eigenvalue weighted by Crippen LogP contribution is 2.19. The van der Waals surface area contributed by atoms with Crippen molar-refractivity contribution < 1.29 is 9.84 Å². The first-order valence-corrected chi connectivity index (χ1v) is 8.91. The lowest BCUT2D eigenvalue weighted by molar-refractivity contribution is 0.0476. The first-order chi connectivity index (χ1) is 11.1. The first-order valence-electron chi connectivity index (χ1n) is 8.91. The summed E-state index contributed by atoms with van der Waals surface area (Å²) >= 11 is 0. The molecule has 1 aliphatic heterocycles. The smallest absolute Gasteiger partial charge is 0.119 e. The molecule has 2 rings (SSSR count). The molecule has 1 fully saturated rings. The minimum absolute atomic E-state index is 0.271. The molecule has 130 valence electrons. The second-order valence-electron chi connectivity index (χ2n) is 6.87. The Bertz CT molecular complexity index is 464. The molecule has 0 amide bonds. The number of ether oxygens (including phenoxy) is 1. The standard InChI is InChI=1S/C19H32N2O2/c1-4-23-19-7-5-6-17(12-19)14-20-9-10-21(13-16(2)3)18(15-20)8-11-22/h5-7,12,16,18,22H,4,8-11,13-15H2,1-3H3/t18-/m0/s1. The number of benzene rings is 1. The number of hydrogen-bond donors (Lipinski definition) is 1. The number of aliphatic hydroxyl groups excluding tert-OH is 1. The van der Waals surface area contributed by atoms with Gasteiger partial charge in [-0.15, -0.1) is 0 Å². The highest BCUT2D eigenvalue weighted by molar-refractivity contribution is 5.28. The highest BCUT2D eigenvalue weighted by atomic mass is 16.5. The normalized spacial score (nSPS) is 20.1. The van der Waals surface area contributed by atoms with Gasteiger partial charge in [0.25, 0.3) is 0 Å². The monoisotopic (exact) mass is 320 g/mol. The molecule has 1 aromatic carbocycles. The molecule has 0 spiro atoms. The summed E-state index contributed by atoms with van der Waals surface area (Å²) in [5.74, 6) is 1.63. The van der Waals surface area contributed by atoms with Crippen molar-refractivity contribution in [3.63, 3.8) is 0 Å². The Morgan fingerprint density at radius 3 is 2.83 bits per heavy atom. The van der Waals surface area contributed by atoms with E-state index >= 15 is 0 Å². The highest BCUT2D eigenvalue weighted by Gasteiger charge is 2.26. The SMILES string of the molecule is CCOc1cccc(CN2CCN(CC(C)C)[C@@H](CCO)C2)c1.